The number of carbonyl (C=O) groups excluding carboxylic acids is 2. The molecular formula is C16H22N2O3. The Balaban J connectivity index is 1.84. The molecule has 0 atom stereocenters. The number of hydrogen-bond acceptors (Lipinski definition) is 3. The van der Waals surface area contributed by atoms with Gasteiger partial charge in [0.15, 0.2) is 0 Å². The van der Waals surface area contributed by atoms with Gasteiger partial charge in [-0.15, -0.1) is 0 Å². The first-order valence-electron chi connectivity index (χ1n) is 7.39. The van der Waals surface area contributed by atoms with Gasteiger partial charge in [0.05, 0.1) is 12.5 Å². The van der Waals surface area contributed by atoms with E-state index in [-0.39, 0.29) is 17.9 Å². The maximum Gasteiger partial charge on any atom is 0.321 e. The van der Waals surface area contributed by atoms with Crippen molar-refractivity contribution in [1.29, 1.82) is 0 Å². The van der Waals surface area contributed by atoms with E-state index in [1.54, 1.807) is 4.90 Å². The zero-order chi connectivity index (χ0) is 15.2. The van der Waals surface area contributed by atoms with Crippen molar-refractivity contribution in [1.82, 2.24) is 4.90 Å². The molecule has 1 N–H and O–H groups in total. The number of piperidine rings is 1. The van der Waals surface area contributed by atoms with Crippen LogP contribution in [0.4, 0.5) is 10.5 Å². The molecule has 0 bridgehead atoms. The molecule has 1 heterocycles. The molecule has 0 aliphatic carbocycles. The number of anilines is 1. The monoisotopic (exact) mass is 290 g/mol. The number of amides is 2. The van der Waals surface area contributed by atoms with Crippen molar-refractivity contribution in [3.8, 4) is 0 Å². The molecule has 2 rings (SSSR count). The average Bonchev–Trinajstić information content (AvgIpc) is 2.47. The van der Waals surface area contributed by atoms with Gasteiger partial charge in [-0.25, -0.2) is 4.79 Å². The molecule has 1 saturated heterocycles. The molecule has 21 heavy (non-hydrogen) atoms. The lowest BCUT2D eigenvalue weighted by molar-refractivity contribution is -0.149. The summed E-state index contributed by atoms with van der Waals surface area (Å²) in [7, 11) is 0. The van der Waals surface area contributed by atoms with E-state index in [4.69, 9.17) is 4.74 Å². The number of rotatable bonds is 3. The maximum atomic E-state index is 12.2. The van der Waals surface area contributed by atoms with Crippen molar-refractivity contribution in [3.05, 3.63) is 29.8 Å². The first kappa shape index (κ1) is 15.4. The van der Waals surface area contributed by atoms with Crippen molar-refractivity contribution >= 4 is 17.7 Å². The van der Waals surface area contributed by atoms with E-state index >= 15 is 0 Å². The van der Waals surface area contributed by atoms with Crippen LogP contribution in [0.15, 0.2) is 24.3 Å². The maximum absolute atomic E-state index is 12.2. The number of aryl methyl sites for hydroxylation is 1. The summed E-state index contributed by atoms with van der Waals surface area (Å²) < 4.78 is 5.03. The van der Waals surface area contributed by atoms with Gasteiger partial charge in [-0.3, -0.25) is 4.79 Å². The summed E-state index contributed by atoms with van der Waals surface area (Å²) in [5, 5.41) is 2.89. The minimum absolute atomic E-state index is 0.0760. The van der Waals surface area contributed by atoms with Crippen LogP contribution in [0.3, 0.4) is 0 Å². The molecule has 0 unspecified atom stereocenters. The first-order valence-corrected chi connectivity index (χ1v) is 7.39. The van der Waals surface area contributed by atoms with Gasteiger partial charge < -0.3 is 15.0 Å². The zero-order valence-corrected chi connectivity index (χ0v) is 12.6. The predicted octanol–water partition coefficient (Wildman–Crippen LogP) is 2.80. The third-order valence-corrected chi connectivity index (χ3v) is 3.67. The van der Waals surface area contributed by atoms with Crippen LogP contribution < -0.4 is 5.32 Å². The van der Waals surface area contributed by atoms with Crippen LogP contribution in [0.2, 0.25) is 0 Å². The van der Waals surface area contributed by atoms with E-state index in [2.05, 4.69) is 5.32 Å². The summed E-state index contributed by atoms with van der Waals surface area (Å²) >= 11 is 0. The van der Waals surface area contributed by atoms with Crippen LogP contribution in [0.25, 0.3) is 0 Å². The lowest BCUT2D eigenvalue weighted by Crippen LogP contribution is -2.42. The van der Waals surface area contributed by atoms with Gasteiger partial charge in [-0.05, 0) is 44.4 Å². The van der Waals surface area contributed by atoms with Crippen LogP contribution in [-0.4, -0.2) is 36.6 Å². The molecule has 0 spiro atoms. The van der Waals surface area contributed by atoms with Gasteiger partial charge in [0.1, 0.15) is 0 Å². The first-order chi connectivity index (χ1) is 10.1. The number of likely N-dealkylation sites (tertiary alicyclic amines) is 1. The topological polar surface area (TPSA) is 58.6 Å². The molecule has 1 aliphatic rings. The summed E-state index contributed by atoms with van der Waals surface area (Å²) in [5.74, 6) is -0.218. The van der Waals surface area contributed by atoms with E-state index in [9.17, 15) is 9.59 Å². The summed E-state index contributed by atoms with van der Waals surface area (Å²) in [5.41, 5.74) is 1.90. The zero-order valence-electron chi connectivity index (χ0n) is 12.6. The van der Waals surface area contributed by atoms with E-state index < -0.39 is 0 Å². The van der Waals surface area contributed by atoms with E-state index in [1.807, 2.05) is 38.1 Å². The molecular weight excluding hydrogens is 268 g/mol. The third-order valence-electron chi connectivity index (χ3n) is 3.67. The van der Waals surface area contributed by atoms with Crippen molar-refractivity contribution < 1.29 is 14.3 Å². The van der Waals surface area contributed by atoms with Crippen LogP contribution in [0, 0.1) is 12.8 Å². The number of urea groups is 1. The quantitative estimate of drug-likeness (QED) is 0.871. The second kappa shape index (κ2) is 7.11. The summed E-state index contributed by atoms with van der Waals surface area (Å²) in [6.45, 7) is 5.37. The fourth-order valence-corrected chi connectivity index (χ4v) is 2.50. The minimum Gasteiger partial charge on any atom is -0.466 e. The van der Waals surface area contributed by atoms with E-state index in [0.29, 0.717) is 32.5 Å². The summed E-state index contributed by atoms with van der Waals surface area (Å²) in [6.07, 6.45) is 1.33. The van der Waals surface area contributed by atoms with Crippen LogP contribution in [0.1, 0.15) is 25.3 Å². The largest absolute Gasteiger partial charge is 0.466 e. The number of ether oxygens (including phenoxy) is 1. The van der Waals surface area contributed by atoms with Gasteiger partial charge in [0, 0.05) is 18.8 Å². The molecule has 1 aromatic rings. The molecule has 5 nitrogen and oxygen atoms in total. The second-order valence-electron chi connectivity index (χ2n) is 5.31. The van der Waals surface area contributed by atoms with Gasteiger partial charge >= 0.3 is 12.0 Å². The molecule has 2 amide bonds. The number of nitrogens with one attached hydrogen (secondary N) is 1. The lowest BCUT2D eigenvalue weighted by Gasteiger charge is -2.30. The highest BCUT2D eigenvalue weighted by Crippen LogP contribution is 2.20. The molecule has 1 aromatic carbocycles. The Morgan fingerprint density at radius 1 is 1.33 bits per heavy atom. The average molecular weight is 290 g/mol. The Hall–Kier alpha value is -2.04. The van der Waals surface area contributed by atoms with Crippen molar-refractivity contribution in [2.75, 3.05) is 25.0 Å². The normalized spacial score (nSPS) is 15.6. The van der Waals surface area contributed by atoms with E-state index in [0.717, 1.165) is 11.3 Å². The van der Waals surface area contributed by atoms with Crippen LogP contribution >= 0.6 is 0 Å². The molecule has 0 saturated carbocycles. The highest BCUT2D eigenvalue weighted by atomic mass is 16.5. The Labute approximate surface area is 125 Å². The summed E-state index contributed by atoms with van der Waals surface area (Å²) in [4.78, 5) is 25.6. The Morgan fingerprint density at radius 2 is 2.05 bits per heavy atom. The van der Waals surface area contributed by atoms with Crippen LogP contribution in [0.5, 0.6) is 0 Å². The fourth-order valence-electron chi connectivity index (χ4n) is 2.50. The summed E-state index contributed by atoms with van der Waals surface area (Å²) in [6, 6.07) is 7.60. The highest BCUT2D eigenvalue weighted by Gasteiger charge is 2.28. The van der Waals surface area contributed by atoms with Gasteiger partial charge in [-0.1, -0.05) is 12.1 Å². The number of nitrogens with zero attached hydrogens (tertiary/aromatic N) is 1. The molecule has 1 fully saturated rings. The van der Waals surface area contributed by atoms with Crippen molar-refractivity contribution in [2.24, 2.45) is 5.92 Å². The van der Waals surface area contributed by atoms with Crippen molar-refractivity contribution in [2.45, 2.75) is 26.7 Å². The Bertz CT molecular complexity index is 508. The number of hydrogen-bond donors (Lipinski definition) is 1. The number of carbonyl (C=O) groups is 2. The highest BCUT2D eigenvalue weighted by molar-refractivity contribution is 5.89. The SMILES string of the molecule is CCOC(=O)C1CCN(C(=O)Nc2cccc(C)c2)CC1. The van der Waals surface area contributed by atoms with E-state index in [1.165, 1.54) is 0 Å². The fraction of sp³-hybridized carbons (Fsp3) is 0.500. The Kier molecular flexibility index (Phi) is 5.20. The van der Waals surface area contributed by atoms with Crippen molar-refractivity contribution in [3.63, 3.8) is 0 Å². The van der Waals surface area contributed by atoms with Crippen LogP contribution in [-0.2, 0) is 9.53 Å². The van der Waals surface area contributed by atoms with Gasteiger partial charge in [-0.2, -0.15) is 0 Å². The minimum atomic E-state index is -0.142. The standard InChI is InChI=1S/C16H22N2O3/c1-3-21-15(19)13-7-9-18(10-8-13)16(20)17-14-6-4-5-12(2)11-14/h4-6,11,13H,3,7-10H2,1-2H3,(H,17,20). The number of esters is 1. The smallest absolute Gasteiger partial charge is 0.321 e. The molecule has 0 aromatic heterocycles. The molecule has 5 heteroatoms. The third kappa shape index (κ3) is 4.21. The molecule has 0 radical (unpaired) electrons. The molecule has 114 valence electrons. The number of benzene rings is 1. The second-order valence-corrected chi connectivity index (χ2v) is 5.31. The molecule has 1 aliphatic heterocycles. The predicted molar refractivity (Wildman–Crippen MR) is 81.1 cm³/mol. The van der Waals surface area contributed by atoms with Gasteiger partial charge in [0.25, 0.3) is 0 Å². The Morgan fingerprint density at radius 3 is 2.67 bits per heavy atom. The van der Waals surface area contributed by atoms with Gasteiger partial charge in [0.2, 0.25) is 0 Å². The lowest BCUT2D eigenvalue weighted by atomic mass is 9.97.